The quantitative estimate of drug-likeness (QED) is 0.679. The number of alkyl halides is 3. The summed E-state index contributed by atoms with van der Waals surface area (Å²) in [6, 6.07) is 15.2. The van der Waals surface area contributed by atoms with Gasteiger partial charge >= 0.3 is 6.18 Å². The van der Waals surface area contributed by atoms with E-state index in [0.29, 0.717) is 30.5 Å². The molecule has 1 aromatic carbocycles. The topological polar surface area (TPSA) is 58.1 Å². The van der Waals surface area contributed by atoms with Crippen molar-refractivity contribution in [3.05, 3.63) is 66.0 Å². The summed E-state index contributed by atoms with van der Waals surface area (Å²) in [7, 11) is 0. The molecule has 3 aromatic rings. The van der Waals surface area contributed by atoms with Crippen molar-refractivity contribution in [2.24, 2.45) is 11.8 Å². The van der Waals surface area contributed by atoms with Gasteiger partial charge in [0.05, 0.1) is 5.52 Å². The van der Waals surface area contributed by atoms with E-state index in [1.165, 1.54) is 6.07 Å². The lowest BCUT2D eigenvalue weighted by molar-refractivity contribution is -0.141. The van der Waals surface area contributed by atoms with Crippen LogP contribution in [-0.4, -0.2) is 35.0 Å². The van der Waals surface area contributed by atoms with Crippen molar-refractivity contribution in [2.75, 3.05) is 18.0 Å². The Hall–Kier alpha value is -3.16. The predicted octanol–water partition coefficient (Wildman–Crippen LogP) is 4.29. The van der Waals surface area contributed by atoms with E-state index in [0.717, 1.165) is 29.8 Å². The van der Waals surface area contributed by atoms with Crippen LogP contribution in [0.2, 0.25) is 0 Å². The number of hydrogen-bond acceptors (Lipinski definition) is 4. The smallest absolute Gasteiger partial charge is 0.356 e. The van der Waals surface area contributed by atoms with Gasteiger partial charge in [-0.1, -0.05) is 30.3 Å². The second kappa shape index (κ2) is 7.51. The van der Waals surface area contributed by atoms with Crippen molar-refractivity contribution in [3.8, 4) is 0 Å². The second-order valence-corrected chi connectivity index (χ2v) is 8.25. The molecule has 1 N–H and O–H groups in total. The molecule has 3 heterocycles. The average Bonchev–Trinajstić information content (AvgIpc) is 3.35. The van der Waals surface area contributed by atoms with E-state index in [2.05, 4.69) is 15.3 Å². The standard InChI is InChI=1S/C23H21F3N4O/c24-23(25,26)20-6-3-7-21(29-20)30-12-15-9-10-18(16(15)13-30)28-22(31)19-11-8-14-4-1-2-5-17(14)27-19/h1-8,11,15-16,18H,9-10,12-13H2,(H,28,31)/t15-,16+,18+/m1/s1. The summed E-state index contributed by atoms with van der Waals surface area (Å²) in [5.41, 5.74) is 0.257. The normalized spacial score (nSPS) is 23.2. The highest BCUT2D eigenvalue weighted by Gasteiger charge is 2.44. The number of carbonyl (C=O) groups excluding carboxylic acids is 1. The summed E-state index contributed by atoms with van der Waals surface area (Å²) >= 11 is 0. The van der Waals surface area contributed by atoms with Crippen molar-refractivity contribution in [3.63, 3.8) is 0 Å². The molecule has 2 aromatic heterocycles. The molecular formula is C23H21F3N4O. The molecule has 0 spiro atoms. The van der Waals surface area contributed by atoms with E-state index in [1.54, 1.807) is 12.1 Å². The minimum atomic E-state index is -4.46. The van der Waals surface area contributed by atoms with Gasteiger partial charge in [0, 0.05) is 30.4 Å². The van der Waals surface area contributed by atoms with Gasteiger partial charge in [-0.3, -0.25) is 4.79 Å². The van der Waals surface area contributed by atoms with Gasteiger partial charge in [-0.15, -0.1) is 0 Å². The number of carbonyl (C=O) groups is 1. The molecule has 1 saturated heterocycles. The Morgan fingerprint density at radius 3 is 2.65 bits per heavy atom. The number of rotatable bonds is 3. The van der Waals surface area contributed by atoms with E-state index >= 15 is 0 Å². The van der Waals surface area contributed by atoms with Gasteiger partial charge in [-0.2, -0.15) is 13.2 Å². The predicted molar refractivity (Wildman–Crippen MR) is 111 cm³/mol. The third kappa shape index (κ3) is 3.82. The van der Waals surface area contributed by atoms with E-state index in [1.807, 2.05) is 35.2 Å². The summed E-state index contributed by atoms with van der Waals surface area (Å²) in [4.78, 5) is 23.0. The van der Waals surface area contributed by atoms with Crippen LogP contribution in [0.1, 0.15) is 29.0 Å². The number of aromatic nitrogens is 2. The molecule has 3 atom stereocenters. The van der Waals surface area contributed by atoms with Gasteiger partial charge in [0.25, 0.3) is 5.91 Å². The molecule has 1 aliphatic heterocycles. The molecule has 0 radical (unpaired) electrons. The number of hydrogen-bond donors (Lipinski definition) is 1. The van der Waals surface area contributed by atoms with Crippen LogP contribution in [0.5, 0.6) is 0 Å². The van der Waals surface area contributed by atoms with Crippen LogP contribution in [0, 0.1) is 11.8 Å². The van der Waals surface area contributed by atoms with Crippen molar-refractivity contribution < 1.29 is 18.0 Å². The monoisotopic (exact) mass is 426 g/mol. The van der Waals surface area contributed by atoms with Gasteiger partial charge < -0.3 is 10.2 Å². The Morgan fingerprint density at radius 2 is 1.81 bits per heavy atom. The molecule has 0 unspecified atom stereocenters. The molecule has 5 nitrogen and oxygen atoms in total. The molecule has 8 heteroatoms. The van der Waals surface area contributed by atoms with Crippen LogP contribution in [-0.2, 0) is 6.18 Å². The Morgan fingerprint density at radius 1 is 0.968 bits per heavy atom. The summed E-state index contributed by atoms with van der Waals surface area (Å²) in [5.74, 6) is 0.629. The number of anilines is 1. The number of pyridine rings is 2. The molecule has 2 fully saturated rings. The molecule has 5 rings (SSSR count). The zero-order chi connectivity index (χ0) is 21.6. The number of halogens is 3. The van der Waals surface area contributed by atoms with E-state index < -0.39 is 11.9 Å². The van der Waals surface area contributed by atoms with Crippen LogP contribution in [0.4, 0.5) is 19.0 Å². The summed E-state index contributed by atoms with van der Waals surface area (Å²) in [5, 5.41) is 4.08. The highest BCUT2D eigenvalue weighted by atomic mass is 19.4. The summed E-state index contributed by atoms with van der Waals surface area (Å²) < 4.78 is 39.0. The highest BCUT2D eigenvalue weighted by Crippen LogP contribution is 2.40. The van der Waals surface area contributed by atoms with Gasteiger partial charge in [0.2, 0.25) is 0 Å². The number of benzene rings is 1. The zero-order valence-corrected chi connectivity index (χ0v) is 16.6. The second-order valence-electron chi connectivity index (χ2n) is 8.25. The maximum atomic E-state index is 13.0. The lowest BCUT2D eigenvalue weighted by Crippen LogP contribution is -2.40. The summed E-state index contributed by atoms with van der Waals surface area (Å²) in [6.07, 6.45) is -2.68. The molecule has 160 valence electrons. The van der Waals surface area contributed by atoms with Crippen LogP contribution in [0.3, 0.4) is 0 Å². The fourth-order valence-electron chi connectivity index (χ4n) is 4.82. The number of fused-ring (bicyclic) bond motifs is 2. The number of para-hydroxylation sites is 1. The minimum absolute atomic E-state index is 0.0263. The van der Waals surface area contributed by atoms with E-state index in [9.17, 15) is 18.0 Å². The minimum Gasteiger partial charge on any atom is -0.356 e. The summed E-state index contributed by atoms with van der Waals surface area (Å²) in [6.45, 7) is 1.23. The molecule has 31 heavy (non-hydrogen) atoms. The first-order chi connectivity index (χ1) is 14.9. The van der Waals surface area contributed by atoms with Crippen molar-refractivity contribution in [1.29, 1.82) is 0 Å². The third-order valence-corrected chi connectivity index (χ3v) is 6.35. The van der Waals surface area contributed by atoms with Gasteiger partial charge in [0.1, 0.15) is 17.2 Å². The SMILES string of the molecule is O=C(N[C@H]1CC[C@@H]2CN(c3cccc(C(F)(F)F)n3)C[C@@H]21)c1ccc2ccccc2n1. The van der Waals surface area contributed by atoms with Gasteiger partial charge in [-0.25, -0.2) is 9.97 Å². The fourth-order valence-corrected chi connectivity index (χ4v) is 4.82. The van der Waals surface area contributed by atoms with E-state index in [-0.39, 0.29) is 17.9 Å². The number of amides is 1. The third-order valence-electron chi connectivity index (χ3n) is 6.35. The lowest BCUT2D eigenvalue weighted by atomic mass is 9.97. The van der Waals surface area contributed by atoms with Gasteiger partial charge in [-0.05, 0) is 43.0 Å². The fraction of sp³-hybridized carbons (Fsp3) is 0.348. The van der Waals surface area contributed by atoms with Crippen molar-refractivity contribution in [2.45, 2.75) is 25.1 Å². The molecule has 1 amide bonds. The van der Waals surface area contributed by atoms with E-state index in [4.69, 9.17) is 0 Å². The van der Waals surface area contributed by atoms with Crippen LogP contribution in [0.25, 0.3) is 10.9 Å². The Kier molecular flexibility index (Phi) is 4.79. The Labute approximate surface area is 177 Å². The largest absolute Gasteiger partial charge is 0.433 e. The molecule has 1 saturated carbocycles. The number of nitrogens with zero attached hydrogens (tertiary/aromatic N) is 3. The van der Waals surface area contributed by atoms with Crippen LogP contribution in [0.15, 0.2) is 54.6 Å². The highest BCUT2D eigenvalue weighted by molar-refractivity contribution is 5.95. The first-order valence-corrected chi connectivity index (χ1v) is 10.3. The first kappa shape index (κ1) is 19.8. The number of nitrogens with one attached hydrogen (secondary N) is 1. The maximum absolute atomic E-state index is 13.0. The average molecular weight is 426 g/mol. The van der Waals surface area contributed by atoms with Crippen LogP contribution >= 0.6 is 0 Å². The lowest BCUT2D eigenvalue weighted by Gasteiger charge is -2.23. The molecule has 0 bridgehead atoms. The molecule has 2 aliphatic rings. The zero-order valence-electron chi connectivity index (χ0n) is 16.6. The van der Waals surface area contributed by atoms with Gasteiger partial charge in [0.15, 0.2) is 0 Å². The van der Waals surface area contributed by atoms with Crippen molar-refractivity contribution >= 4 is 22.6 Å². The van der Waals surface area contributed by atoms with Crippen molar-refractivity contribution in [1.82, 2.24) is 15.3 Å². The maximum Gasteiger partial charge on any atom is 0.433 e. The molecule has 1 aliphatic carbocycles. The first-order valence-electron chi connectivity index (χ1n) is 10.3. The Bertz CT molecular complexity index is 1130. The Balaban J connectivity index is 1.29. The van der Waals surface area contributed by atoms with Crippen LogP contribution < -0.4 is 10.2 Å². The molecular weight excluding hydrogens is 405 g/mol.